The molecule has 0 radical (unpaired) electrons. The summed E-state index contributed by atoms with van der Waals surface area (Å²) in [5, 5.41) is 13.4. The van der Waals surface area contributed by atoms with Crippen LogP contribution in [0.4, 0.5) is 16.2 Å². The maximum atomic E-state index is 10.8. The van der Waals surface area contributed by atoms with E-state index in [1.165, 1.54) is 0 Å². The van der Waals surface area contributed by atoms with Gasteiger partial charge in [-0.05, 0) is 24.3 Å². The number of nitrogens with one attached hydrogen (secondary N) is 1. The lowest BCUT2D eigenvalue weighted by atomic mass is 10.0. The first-order chi connectivity index (χ1) is 9.65. The van der Waals surface area contributed by atoms with E-state index in [1.807, 2.05) is 11.4 Å². The van der Waals surface area contributed by atoms with Gasteiger partial charge < -0.3 is 21.1 Å². The SMILES string of the molecule is Nc1cnc2ccsc2c1N1CCCC(NC(=O)O)C1. The molecule has 0 saturated carbocycles. The van der Waals surface area contributed by atoms with E-state index >= 15 is 0 Å². The highest BCUT2D eigenvalue weighted by molar-refractivity contribution is 7.17. The first-order valence-corrected chi connectivity index (χ1v) is 7.39. The van der Waals surface area contributed by atoms with Crippen molar-refractivity contribution < 1.29 is 9.90 Å². The highest BCUT2D eigenvalue weighted by atomic mass is 32.1. The van der Waals surface area contributed by atoms with Crippen molar-refractivity contribution in [2.45, 2.75) is 18.9 Å². The van der Waals surface area contributed by atoms with Crippen molar-refractivity contribution in [2.75, 3.05) is 23.7 Å². The van der Waals surface area contributed by atoms with Crippen molar-refractivity contribution in [2.24, 2.45) is 0 Å². The number of amides is 1. The predicted octanol–water partition coefficient (Wildman–Crippen LogP) is 2.11. The van der Waals surface area contributed by atoms with Crippen LogP contribution in [0.1, 0.15) is 12.8 Å². The number of nitrogen functional groups attached to an aromatic ring is 1. The van der Waals surface area contributed by atoms with Crippen molar-refractivity contribution in [1.29, 1.82) is 0 Å². The molecule has 0 aliphatic carbocycles. The maximum absolute atomic E-state index is 10.8. The van der Waals surface area contributed by atoms with E-state index in [2.05, 4.69) is 15.2 Å². The van der Waals surface area contributed by atoms with Gasteiger partial charge >= 0.3 is 6.09 Å². The van der Waals surface area contributed by atoms with Crippen molar-refractivity contribution in [1.82, 2.24) is 10.3 Å². The smallest absolute Gasteiger partial charge is 0.404 e. The Bertz CT molecular complexity index is 642. The summed E-state index contributed by atoms with van der Waals surface area (Å²) in [5.41, 5.74) is 8.66. The molecule has 3 rings (SSSR count). The number of fused-ring (bicyclic) bond motifs is 1. The quantitative estimate of drug-likeness (QED) is 0.788. The van der Waals surface area contributed by atoms with Gasteiger partial charge in [-0.25, -0.2) is 4.79 Å². The normalized spacial score (nSPS) is 19.2. The van der Waals surface area contributed by atoms with Crippen molar-refractivity contribution in [3.8, 4) is 0 Å². The van der Waals surface area contributed by atoms with E-state index in [-0.39, 0.29) is 6.04 Å². The largest absolute Gasteiger partial charge is 0.465 e. The van der Waals surface area contributed by atoms with E-state index in [0.29, 0.717) is 12.2 Å². The van der Waals surface area contributed by atoms with Gasteiger partial charge in [-0.2, -0.15) is 0 Å². The number of pyridine rings is 1. The summed E-state index contributed by atoms with van der Waals surface area (Å²) in [6.07, 6.45) is 2.51. The summed E-state index contributed by atoms with van der Waals surface area (Å²) in [5.74, 6) is 0. The minimum absolute atomic E-state index is 0.0520. The number of aromatic nitrogens is 1. The molecule has 0 spiro atoms. The van der Waals surface area contributed by atoms with E-state index in [4.69, 9.17) is 10.8 Å². The van der Waals surface area contributed by atoms with Gasteiger partial charge in [0.2, 0.25) is 0 Å². The number of hydrogen-bond donors (Lipinski definition) is 3. The van der Waals surface area contributed by atoms with E-state index in [9.17, 15) is 4.79 Å². The average Bonchev–Trinajstić information content (AvgIpc) is 2.86. The third-order valence-electron chi connectivity index (χ3n) is 3.54. The maximum Gasteiger partial charge on any atom is 0.404 e. The fourth-order valence-electron chi connectivity index (χ4n) is 2.71. The highest BCUT2D eigenvalue weighted by Crippen LogP contribution is 2.36. The van der Waals surface area contributed by atoms with Crippen LogP contribution in [-0.2, 0) is 0 Å². The monoisotopic (exact) mass is 292 g/mol. The van der Waals surface area contributed by atoms with Gasteiger partial charge in [0.25, 0.3) is 0 Å². The summed E-state index contributed by atoms with van der Waals surface area (Å²) < 4.78 is 1.07. The molecule has 1 aliphatic rings. The van der Waals surface area contributed by atoms with Gasteiger partial charge in [0.1, 0.15) is 0 Å². The van der Waals surface area contributed by atoms with Crippen LogP contribution >= 0.6 is 11.3 Å². The van der Waals surface area contributed by atoms with Gasteiger partial charge in [0.05, 0.1) is 27.8 Å². The number of carbonyl (C=O) groups is 1. The van der Waals surface area contributed by atoms with Crippen LogP contribution in [0.2, 0.25) is 0 Å². The Morgan fingerprint density at radius 1 is 1.60 bits per heavy atom. The van der Waals surface area contributed by atoms with Crippen LogP contribution in [-0.4, -0.2) is 35.3 Å². The summed E-state index contributed by atoms with van der Waals surface area (Å²) in [4.78, 5) is 17.3. The number of piperidine rings is 1. The molecule has 1 unspecified atom stereocenters. The molecule has 1 fully saturated rings. The summed E-state index contributed by atoms with van der Waals surface area (Å²) >= 11 is 1.62. The van der Waals surface area contributed by atoms with Gasteiger partial charge in [-0.15, -0.1) is 11.3 Å². The van der Waals surface area contributed by atoms with Crippen molar-refractivity contribution in [3.05, 3.63) is 17.6 Å². The molecule has 1 aliphatic heterocycles. The van der Waals surface area contributed by atoms with Gasteiger partial charge in [0.15, 0.2) is 0 Å². The molecule has 0 aromatic carbocycles. The average molecular weight is 292 g/mol. The van der Waals surface area contributed by atoms with E-state index < -0.39 is 6.09 Å². The molecular weight excluding hydrogens is 276 g/mol. The Kier molecular flexibility index (Phi) is 3.35. The molecule has 0 bridgehead atoms. The number of anilines is 2. The fourth-order valence-corrected chi connectivity index (χ4v) is 3.64. The molecule has 4 N–H and O–H groups in total. The molecule has 1 atom stereocenters. The molecular formula is C13H16N4O2S. The first kappa shape index (κ1) is 13.0. The topological polar surface area (TPSA) is 91.5 Å². The number of thiophene rings is 1. The standard InChI is InChI=1S/C13H16N4O2S/c14-9-6-15-10-3-5-20-12(10)11(9)17-4-1-2-8(7-17)16-13(18)19/h3,5-6,8,16H,1-2,4,7,14H2,(H,18,19). The highest BCUT2D eigenvalue weighted by Gasteiger charge is 2.24. The van der Waals surface area contributed by atoms with Crippen molar-refractivity contribution >= 4 is 39.0 Å². The Labute approximate surface area is 120 Å². The second-order valence-corrected chi connectivity index (χ2v) is 5.85. The second-order valence-electron chi connectivity index (χ2n) is 4.93. The van der Waals surface area contributed by atoms with Gasteiger partial charge in [-0.1, -0.05) is 0 Å². The van der Waals surface area contributed by atoms with Crippen LogP contribution in [0.15, 0.2) is 17.6 Å². The van der Waals surface area contributed by atoms with Crippen LogP contribution in [0.5, 0.6) is 0 Å². The molecule has 6 nitrogen and oxygen atoms in total. The minimum atomic E-state index is -0.971. The third-order valence-corrected chi connectivity index (χ3v) is 4.45. The van der Waals surface area contributed by atoms with E-state index in [0.717, 1.165) is 35.3 Å². The molecule has 106 valence electrons. The third kappa shape index (κ3) is 2.36. The second kappa shape index (κ2) is 5.16. The number of hydrogen-bond acceptors (Lipinski definition) is 5. The number of carboxylic acid groups (broad SMARTS) is 1. The van der Waals surface area contributed by atoms with Crippen LogP contribution in [0.25, 0.3) is 10.2 Å². The molecule has 1 saturated heterocycles. The lowest BCUT2D eigenvalue weighted by molar-refractivity contribution is 0.188. The van der Waals surface area contributed by atoms with Gasteiger partial charge in [0, 0.05) is 19.1 Å². The number of nitrogens with zero attached hydrogens (tertiary/aromatic N) is 2. The van der Waals surface area contributed by atoms with Crippen LogP contribution in [0.3, 0.4) is 0 Å². The summed E-state index contributed by atoms with van der Waals surface area (Å²) in [6.45, 7) is 1.53. The van der Waals surface area contributed by atoms with Crippen LogP contribution < -0.4 is 16.0 Å². The first-order valence-electron chi connectivity index (χ1n) is 6.51. The number of nitrogens with two attached hydrogens (primary N) is 1. The van der Waals surface area contributed by atoms with Crippen LogP contribution in [0, 0.1) is 0 Å². The lowest BCUT2D eigenvalue weighted by Crippen LogP contribution is -2.47. The Balaban J connectivity index is 1.92. The molecule has 7 heteroatoms. The molecule has 1 amide bonds. The predicted molar refractivity (Wildman–Crippen MR) is 80.4 cm³/mol. The lowest BCUT2D eigenvalue weighted by Gasteiger charge is -2.35. The zero-order valence-electron chi connectivity index (χ0n) is 10.9. The Morgan fingerprint density at radius 2 is 2.45 bits per heavy atom. The molecule has 3 heterocycles. The van der Waals surface area contributed by atoms with Crippen molar-refractivity contribution in [3.63, 3.8) is 0 Å². The molecule has 2 aromatic heterocycles. The zero-order chi connectivity index (χ0) is 14.1. The molecule has 20 heavy (non-hydrogen) atoms. The Morgan fingerprint density at radius 3 is 3.25 bits per heavy atom. The fraction of sp³-hybridized carbons (Fsp3) is 0.385. The number of rotatable bonds is 2. The zero-order valence-corrected chi connectivity index (χ0v) is 11.7. The minimum Gasteiger partial charge on any atom is -0.465 e. The van der Waals surface area contributed by atoms with Gasteiger partial charge in [-0.3, -0.25) is 4.98 Å². The summed E-state index contributed by atoms with van der Waals surface area (Å²) in [7, 11) is 0. The summed E-state index contributed by atoms with van der Waals surface area (Å²) in [6, 6.07) is 1.92. The molecule has 2 aromatic rings. The Hall–Kier alpha value is -2.02. The van der Waals surface area contributed by atoms with E-state index in [1.54, 1.807) is 17.5 Å².